The van der Waals surface area contributed by atoms with Crippen molar-refractivity contribution in [3.8, 4) is 0 Å². The molecule has 0 heterocycles. The van der Waals surface area contributed by atoms with Crippen molar-refractivity contribution >= 4 is 22.0 Å². The summed E-state index contributed by atoms with van der Waals surface area (Å²) in [7, 11) is 0. The number of aliphatic hydroxyl groups is 1. The molecule has 0 aromatic heterocycles. The summed E-state index contributed by atoms with van der Waals surface area (Å²) in [5.74, 6) is 0. The number of benzene rings is 1. The molecule has 1 rings (SSSR count). The van der Waals surface area contributed by atoms with Gasteiger partial charge in [-0.3, -0.25) is 0 Å². The first kappa shape index (κ1) is 15.0. The molecule has 0 spiro atoms. The first-order valence-corrected chi connectivity index (χ1v) is 6.47. The van der Waals surface area contributed by atoms with Crippen LogP contribution in [-0.2, 0) is 4.74 Å². The van der Waals surface area contributed by atoms with Gasteiger partial charge in [-0.05, 0) is 32.4 Å². The van der Waals surface area contributed by atoms with E-state index in [1.165, 1.54) is 0 Å². The van der Waals surface area contributed by atoms with Gasteiger partial charge in [-0.1, -0.05) is 34.1 Å². The molecule has 1 amide bonds. The highest BCUT2D eigenvalue weighted by molar-refractivity contribution is 9.10. The fraction of sp³-hybridized carbons (Fsp3) is 0.462. The van der Waals surface area contributed by atoms with Crippen LogP contribution in [0.15, 0.2) is 28.7 Å². The van der Waals surface area contributed by atoms with Crippen LogP contribution < -0.4 is 5.32 Å². The van der Waals surface area contributed by atoms with Gasteiger partial charge in [0.25, 0.3) is 0 Å². The summed E-state index contributed by atoms with van der Waals surface area (Å²) in [6, 6.07) is 6.92. The summed E-state index contributed by atoms with van der Waals surface area (Å²) in [5, 5.41) is 12.0. The molecule has 0 saturated heterocycles. The van der Waals surface area contributed by atoms with Crippen molar-refractivity contribution in [3.05, 3.63) is 34.3 Å². The Morgan fingerprint density at radius 1 is 1.44 bits per heavy atom. The summed E-state index contributed by atoms with van der Waals surface area (Å²) < 4.78 is 5.99. The fourth-order valence-corrected chi connectivity index (χ4v) is 1.99. The molecule has 0 fully saturated rings. The number of alkyl carbamates (subject to hydrolysis) is 1. The molecule has 1 unspecified atom stereocenters. The number of carbonyl (C=O) groups is 1. The number of amides is 1. The van der Waals surface area contributed by atoms with Crippen molar-refractivity contribution in [1.29, 1.82) is 0 Å². The first-order chi connectivity index (χ1) is 8.33. The number of aliphatic hydroxyl groups excluding tert-OH is 1. The van der Waals surface area contributed by atoms with E-state index in [2.05, 4.69) is 21.2 Å². The molecule has 0 bridgehead atoms. The largest absolute Gasteiger partial charge is 0.444 e. The normalized spacial score (nSPS) is 12.9. The van der Waals surface area contributed by atoms with E-state index in [4.69, 9.17) is 4.74 Å². The Bertz CT molecular complexity index is 415. The number of ether oxygens (including phenoxy) is 1. The molecule has 2 N–H and O–H groups in total. The lowest BCUT2D eigenvalue weighted by Gasteiger charge is -2.23. The Morgan fingerprint density at radius 2 is 2.06 bits per heavy atom. The standard InChI is InChI=1S/C13H18BrNO3/c1-13(2,3)18-12(17)15-11(8-16)9-6-4-5-7-10(9)14/h4-7,11,16H,8H2,1-3H3,(H,15,17). The quantitative estimate of drug-likeness (QED) is 0.901. The molecule has 1 aromatic rings. The van der Waals surface area contributed by atoms with Crippen LogP contribution in [0.5, 0.6) is 0 Å². The molecule has 1 atom stereocenters. The van der Waals surface area contributed by atoms with Crippen molar-refractivity contribution in [2.24, 2.45) is 0 Å². The average molecular weight is 316 g/mol. The number of hydrogen-bond acceptors (Lipinski definition) is 3. The Labute approximate surface area is 115 Å². The van der Waals surface area contributed by atoms with Gasteiger partial charge in [0.2, 0.25) is 0 Å². The summed E-state index contributed by atoms with van der Waals surface area (Å²) in [6.45, 7) is 5.18. The Kier molecular flexibility index (Phi) is 5.16. The van der Waals surface area contributed by atoms with Crippen LogP contribution in [-0.4, -0.2) is 23.4 Å². The number of hydrogen-bond donors (Lipinski definition) is 2. The van der Waals surface area contributed by atoms with Crippen molar-refractivity contribution in [2.45, 2.75) is 32.4 Å². The molecule has 5 heteroatoms. The maximum Gasteiger partial charge on any atom is 0.408 e. The van der Waals surface area contributed by atoms with Crippen LogP contribution in [0.25, 0.3) is 0 Å². The number of carbonyl (C=O) groups excluding carboxylic acids is 1. The Balaban J connectivity index is 2.74. The highest BCUT2D eigenvalue weighted by Crippen LogP contribution is 2.23. The lowest BCUT2D eigenvalue weighted by molar-refractivity contribution is 0.0481. The van der Waals surface area contributed by atoms with E-state index in [-0.39, 0.29) is 6.61 Å². The minimum atomic E-state index is -0.558. The second-order valence-electron chi connectivity index (χ2n) is 4.90. The van der Waals surface area contributed by atoms with Crippen LogP contribution in [0, 0.1) is 0 Å². The van der Waals surface area contributed by atoms with Gasteiger partial charge in [0.15, 0.2) is 0 Å². The molecule has 0 aliphatic heterocycles. The third kappa shape index (κ3) is 4.66. The lowest BCUT2D eigenvalue weighted by atomic mass is 10.1. The summed E-state index contributed by atoms with van der Waals surface area (Å²) in [5.41, 5.74) is 0.253. The second-order valence-corrected chi connectivity index (χ2v) is 5.76. The van der Waals surface area contributed by atoms with E-state index >= 15 is 0 Å². The zero-order chi connectivity index (χ0) is 13.8. The van der Waals surface area contributed by atoms with Crippen LogP contribution >= 0.6 is 15.9 Å². The average Bonchev–Trinajstić information content (AvgIpc) is 2.24. The molecule has 0 saturated carbocycles. The maximum atomic E-state index is 11.7. The molecule has 100 valence electrons. The Morgan fingerprint density at radius 3 is 2.56 bits per heavy atom. The zero-order valence-electron chi connectivity index (χ0n) is 10.7. The van der Waals surface area contributed by atoms with E-state index in [0.29, 0.717) is 0 Å². The van der Waals surface area contributed by atoms with Crippen LogP contribution in [0.3, 0.4) is 0 Å². The summed E-state index contributed by atoms with van der Waals surface area (Å²) in [6.07, 6.45) is -0.544. The van der Waals surface area contributed by atoms with Gasteiger partial charge in [-0.2, -0.15) is 0 Å². The van der Waals surface area contributed by atoms with E-state index in [0.717, 1.165) is 10.0 Å². The van der Waals surface area contributed by atoms with Crippen LogP contribution in [0.1, 0.15) is 32.4 Å². The zero-order valence-corrected chi connectivity index (χ0v) is 12.3. The predicted octanol–water partition coefficient (Wildman–Crippen LogP) is 3.01. The molecule has 18 heavy (non-hydrogen) atoms. The molecular formula is C13H18BrNO3. The van der Waals surface area contributed by atoms with Gasteiger partial charge < -0.3 is 15.2 Å². The van der Waals surface area contributed by atoms with Crippen molar-refractivity contribution in [2.75, 3.05) is 6.61 Å². The lowest BCUT2D eigenvalue weighted by Crippen LogP contribution is -2.36. The van der Waals surface area contributed by atoms with Gasteiger partial charge in [0.05, 0.1) is 12.6 Å². The fourth-order valence-electron chi connectivity index (χ4n) is 1.43. The second kappa shape index (κ2) is 6.20. The molecule has 4 nitrogen and oxygen atoms in total. The summed E-state index contributed by atoms with van der Waals surface area (Å²) in [4.78, 5) is 11.7. The monoisotopic (exact) mass is 315 g/mol. The van der Waals surface area contributed by atoms with Gasteiger partial charge in [0, 0.05) is 4.47 Å². The van der Waals surface area contributed by atoms with Crippen molar-refractivity contribution < 1.29 is 14.6 Å². The molecule has 0 aliphatic carbocycles. The van der Waals surface area contributed by atoms with Crippen LogP contribution in [0.4, 0.5) is 4.79 Å². The summed E-state index contributed by atoms with van der Waals surface area (Å²) >= 11 is 3.39. The third-order valence-electron chi connectivity index (χ3n) is 2.15. The predicted molar refractivity (Wildman–Crippen MR) is 73.3 cm³/mol. The topological polar surface area (TPSA) is 58.6 Å². The molecule has 1 aromatic carbocycles. The van der Waals surface area contributed by atoms with Crippen molar-refractivity contribution in [1.82, 2.24) is 5.32 Å². The number of rotatable bonds is 3. The highest BCUT2D eigenvalue weighted by Gasteiger charge is 2.21. The van der Waals surface area contributed by atoms with E-state index in [1.807, 2.05) is 24.3 Å². The SMILES string of the molecule is CC(C)(C)OC(=O)NC(CO)c1ccccc1Br. The third-order valence-corrected chi connectivity index (χ3v) is 2.88. The van der Waals surface area contributed by atoms with Crippen molar-refractivity contribution in [3.63, 3.8) is 0 Å². The van der Waals surface area contributed by atoms with Gasteiger partial charge in [-0.25, -0.2) is 4.79 Å². The first-order valence-electron chi connectivity index (χ1n) is 5.68. The van der Waals surface area contributed by atoms with Gasteiger partial charge >= 0.3 is 6.09 Å². The Hall–Kier alpha value is -1.07. The van der Waals surface area contributed by atoms with E-state index in [1.54, 1.807) is 20.8 Å². The van der Waals surface area contributed by atoms with Gasteiger partial charge in [0.1, 0.15) is 5.60 Å². The van der Waals surface area contributed by atoms with E-state index in [9.17, 15) is 9.90 Å². The van der Waals surface area contributed by atoms with Gasteiger partial charge in [-0.15, -0.1) is 0 Å². The van der Waals surface area contributed by atoms with Crippen LogP contribution in [0.2, 0.25) is 0 Å². The maximum absolute atomic E-state index is 11.7. The molecular weight excluding hydrogens is 298 g/mol. The molecule has 0 radical (unpaired) electrons. The minimum absolute atomic E-state index is 0.193. The highest BCUT2D eigenvalue weighted by atomic mass is 79.9. The number of nitrogens with one attached hydrogen (secondary N) is 1. The number of halogens is 1. The molecule has 0 aliphatic rings. The smallest absolute Gasteiger partial charge is 0.408 e. The minimum Gasteiger partial charge on any atom is -0.444 e. The van der Waals surface area contributed by atoms with E-state index < -0.39 is 17.7 Å².